The number of non-ortho nitro benzene ring substituents is 1. The molecule has 2 rings (SSSR count). The third-order valence-electron chi connectivity index (χ3n) is 2.68. The Kier molecular flexibility index (Phi) is 4.34. The lowest BCUT2D eigenvalue weighted by atomic mass is 10.2. The Morgan fingerprint density at radius 2 is 1.67 bits per heavy atom. The Morgan fingerprint density at radius 3 is 2.24 bits per heavy atom. The van der Waals surface area contributed by atoms with Crippen LogP contribution in [0.3, 0.4) is 0 Å². The topological polar surface area (TPSA) is 95.5 Å². The number of nitrogens with zero attached hydrogens (tertiary/aromatic N) is 2. The average molecular weight is 309 g/mol. The van der Waals surface area contributed by atoms with Gasteiger partial charge in [-0.1, -0.05) is 11.6 Å². The van der Waals surface area contributed by atoms with Crippen LogP contribution in [-0.2, 0) is 6.61 Å². The van der Waals surface area contributed by atoms with Gasteiger partial charge in [0.25, 0.3) is 11.4 Å². The zero-order valence-electron chi connectivity index (χ0n) is 10.6. The molecule has 0 N–H and O–H groups in total. The summed E-state index contributed by atoms with van der Waals surface area (Å²) >= 11 is 5.81. The van der Waals surface area contributed by atoms with Gasteiger partial charge >= 0.3 is 0 Å². The van der Waals surface area contributed by atoms with E-state index in [2.05, 4.69) is 0 Å². The third kappa shape index (κ3) is 3.67. The van der Waals surface area contributed by atoms with E-state index in [1.54, 1.807) is 0 Å². The number of ether oxygens (including phenoxy) is 1. The molecule has 7 nitrogen and oxygen atoms in total. The SMILES string of the molecule is O=[N+]([O-])c1ccc(OCc2cc(Cl)ccc2[N+](=O)[O-])cc1. The maximum Gasteiger partial charge on any atom is 0.276 e. The van der Waals surface area contributed by atoms with Crippen LogP contribution in [0.25, 0.3) is 0 Å². The zero-order chi connectivity index (χ0) is 15.4. The number of nitro groups is 2. The van der Waals surface area contributed by atoms with E-state index in [1.165, 1.54) is 42.5 Å². The van der Waals surface area contributed by atoms with E-state index < -0.39 is 9.85 Å². The van der Waals surface area contributed by atoms with Gasteiger partial charge in [-0.2, -0.15) is 0 Å². The predicted molar refractivity (Wildman–Crippen MR) is 75.5 cm³/mol. The van der Waals surface area contributed by atoms with E-state index in [4.69, 9.17) is 16.3 Å². The normalized spacial score (nSPS) is 10.1. The molecule has 21 heavy (non-hydrogen) atoms. The first kappa shape index (κ1) is 14.7. The summed E-state index contributed by atoms with van der Waals surface area (Å²) in [5.74, 6) is 0.370. The molecule has 0 amide bonds. The van der Waals surface area contributed by atoms with Gasteiger partial charge in [0, 0.05) is 23.2 Å². The van der Waals surface area contributed by atoms with Crippen LogP contribution in [0, 0.1) is 20.2 Å². The van der Waals surface area contributed by atoms with Crippen molar-refractivity contribution in [2.24, 2.45) is 0 Å². The number of rotatable bonds is 5. The molecule has 0 aromatic heterocycles. The van der Waals surface area contributed by atoms with Crippen molar-refractivity contribution in [3.63, 3.8) is 0 Å². The summed E-state index contributed by atoms with van der Waals surface area (Å²) in [7, 11) is 0. The average Bonchev–Trinajstić information content (AvgIpc) is 2.45. The molecule has 0 fully saturated rings. The fourth-order valence-electron chi connectivity index (χ4n) is 1.67. The van der Waals surface area contributed by atoms with E-state index in [9.17, 15) is 20.2 Å². The second-order valence-corrected chi connectivity index (χ2v) is 4.51. The minimum Gasteiger partial charge on any atom is -0.489 e. The van der Waals surface area contributed by atoms with E-state index in [1.807, 2.05) is 0 Å². The van der Waals surface area contributed by atoms with Crippen molar-refractivity contribution in [3.05, 3.63) is 73.3 Å². The van der Waals surface area contributed by atoms with Crippen molar-refractivity contribution >= 4 is 23.0 Å². The van der Waals surface area contributed by atoms with Crippen LogP contribution >= 0.6 is 11.6 Å². The van der Waals surface area contributed by atoms with Gasteiger partial charge in [-0.05, 0) is 24.3 Å². The molecule has 0 radical (unpaired) electrons. The number of hydrogen-bond donors (Lipinski definition) is 0. The van der Waals surface area contributed by atoms with Gasteiger partial charge in [0.2, 0.25) is 0 Å². The Morgan fingerprint density at radius 1 is 1.00 bits per heavy atom. The quantitative estimate of drug-likeness (QED) is 0.619. The first-order chi connectivity index (χ1) is 9.97. The lowest BCUT2D eigenvalue weighted by molar-refractivity contribution is -0.385. The highest BCUT2D eigenvalue weighted by Gasteiger charge is 2.14. The molecular weight excluding hydrogens is 300 g/mol. The fraction of sp³-hybridized carbons (Fsp3) is 0.0769. The summed E-state index contributed by atoms with van der Waals surface area (Å²) in [5.41, 5.74) is 0.170. The van der Waals surface area contributed by atoms with Gasteiger partial charge in [-0.3, -0.25) is 20.2 Å². The number of benzene rings is 2. The first-order valence-electron chi connectivity index (χ1n) is 5.77. The van der Waals surface area contributed by atoms with E-state index in [0.29, 0.717) is 16.3 Å². The maximum atomic E-state index is 10.9. The van der Waals surface area contributed by atoms with Crippen molar-refractivity contribution in [1.82, 2.24) is 0 Å². The molecule has 8 heteroatoms. The molecule has 0 atom stereocenters. The Hall–Kier alpha value is -2.67. The second-order valence-electron chi connectivity index (χ2n) is 4.07. The summed E-state index contributed by atoms with van der Waals surface area (Å²) in [6, 6.07) is 9.61. The molecular formula is C13H9ClN2O5. The molecule has 0 bridgehead atoms. The smallest absolute Gasteiger partial charge is 0.276 e. The summed E-state index contributed by atoms with van der Waals surface area (Å²) in [5, 5.41) is 21.8. The molecule has 0 aliphatic carbocycles. The van der Waals surface area contributed by atoms with Crippen molar-refractivity contribution in [2.75, 3.05) is 0 Å². The lowest BCUT2D eigenvalue weighted by Crippen LogP contribution is -2.00. The molecule has 0 aliphatic heterocycles. The number of hydrogen-bond acceptors (Lipinski definition) is 5. The Balaban J connectivity index is 2.14. The van der Waals surface area contributed by atoms with Crippen molar-refractivity contribution in [1.29, 1.82) is 0 Å². The van der Waals surface area contributed by atoms with Crippen LogP contribution in [0.4, 0.5) is 11.4 Å². The molecule has 2 aromatic carbocycles. The highest BCUT2D eigenvalue weighted by molar-refractivity contribution is 6.30. The van der Waals surface area contributed by atoms with Crippen LogP contribution in [0.2, 0.25) is 5.02 Å². The standard InChI is InChI=1S/C13H9ClN2O5/c14-10-1-6-13(16(19)20)9(7-10)8-21-12-4-2-11(3-5-12)15(17)18/h1-7H,8H2. The summed E-state index contributed by atoms with van der Waals surface area (Å²) in [4.78, 5) is 20.4. The van der Waals surface area contributed by atoms with Crippen LogP contribution in [0.1, 0.15) is 5.56 Å². The largest absolute Gasteiger partial charge is 0.489 e. The molecule has 0 spiro atoms. The monoisotopic (exact) mass is 308 g/mol. The molecule has 2 aromatic rings. The van der Waals surface area contributed by atoms with Crippen LogP contribution in [0.15, 0.2) is 42.5 Å². The van der Waals surface area contributed by atoms with Gasteiger partial charge < -0.3 is 4.74 Å². The van der Waals surface area contributed by atoms with Gasteiger partial charge in [0.1, 0.15) is 12.4 Å². The summed E-state index contributed by atoms with van der Waals surface area (Å²) < 4.78 is 5.39. The van der Waals surface area contributed by atoms with Crippen molar-refractivity contribution in [2.45, 2.75) is 6.61 Å². The van der Waals surface area contributed by atoms with E-state index in [0.717, 1.165) is 0 Å². The van der Waals surface area contributed by atoms with Gasteiger partial charge in [-0.25, -0.2) is 0 Å². The third-order valence-corrected chi connectivity index (χ3v) is 2.92. The van der Waals surface area contributed by atoms with Crippen LogP contribution in [0.5, 0.6) is 5.75 Å². The van der Waals surface area contributed by atoms with Crippen LogP contribution in [-0.4, -0.2) is 9.85 Å². The van der Waals surface area contributed by atoms with Gasteiger partial charge in [0.15, 0.2) is 0 Å². The predicted octanol–water partition coefficient (Wildman–Crippen LogP) is 3.74. The van der Waals surface area contributed by atoms with Gasteiger partial charge in [0.05, 0.1) is 15.4 Å². The lowest BCUT2D eigenvalue weighted by Gasteiger charge is -2.07. The molecule has 0 heterocycles. The molecule has 108 valence electrons. The number of nitro benzene ring substituents is 2. The van der Waals surface area contributed by atoms with Gasteiger partial charge in [-0.15, -0.1) is 0 Å². The van der Waals surface area contributed by atoms with Crippen molar-refractivity contribution in [3.8, 4) is 5.75 Å². The molecule has 0 unspecified atom stereocenters. The minimum atomic E-state index is -0.523. The van der Waals surface area contributed by atoms with Crippen LogP contribution < -0.4 is 4.74 Å². The van der Waals surface area contributed by atoms with E-state index >= 15 is 0 Å². The molecule has 0 saturated heterocycles. The molecule has 0 aliphatic rings. The van der Waals surface area contributed by atoms with E-state index in [-0.39, 0.29) is 18.0 Å². The summed E-state index contributed by atoms with van der Waals surface area (Å²) in [6.45, 7) is -0.0608. The first-order valence-corrected chi connectivity index (χ1v) is 6.15. The molecule has 0 saturated carbocycles. The number of halogens is 1. The highest BCUT2D eigenvalue weighted by Crippen LogP contribution is 2.25. The summed E-state index contributed by atoms with van der Waals surface area (Å²) in [6.07, 6.45) is 0. The fourth-order valence-corrected chi connectivity index (χ4v) is 1.87. The van der Waals surface area contributed by atoms with Crippen molar-refractivity contribution < 1.29 is 14.6 Å². The minimum absolute atomic E-state index is 0.0592. The zero-order valence-corrected chi connectivity index (χ0v) is 11.3. The second kappa shape index (κ2) is 6.19. The Bertz CT molecular complexity index is 687. The Labute approximate surface area is 124 Å². The highest BCUT2D eigenvalue weighted by atomic mass is 35.5. The maximum absolute atomic E-state index is 10.9.